The first-order valence-electron chi connectivity index (χ1n) is 12.4. The number of aliphatic imine (C=N–C) groups is 1. The zero-order chi connectivity index (χ0) is 25.1. The fourth-order valence-electron chi connectivity index (χ4n) is 4.75. The fraction of sp³-hybridized carbons (Fsp3) is 0.520. The number of aromatic nitrogens is 2. The number of aliphatic carboxylic acids is 1. The standard InChI is InChI=1S/C25H30ClN5O4S/c1-14-20(35-19-7-3-6-16(9-19)24(32)33)12-27-23(29-14)22-17(10-21(26)36-22)11-28-25-30-18(13-34-31-25)8-15-4-2-5-15/h10,12-13,15-16,19H,2-9,11H2,1H3,(H,32,33)(H2,28,30,31)/t16-,19-/m0/s1. The molecule has 0 saturated heterocycles. The average Bonchev–Trinajstić information content (AvgIpc) is 3.22. The number of nitrogens with zero attached hydrogens (tertiary/aromatic N) is 3. The summed E-state index contributed by atoms with van der Waals surface area (Å²) >= 11 is 7.76. The topological polar surface area (TPSA) is 118 Å². The normalized spacial score (nSPS) is 23.2. The van der Waals surface area contributed by atoms with Crippen molar-refractivity contribution in [1.82, 2.24) is 20.8 Å². The van der Waals surface area contributed by atoms with E-state index >= 15 is 0 Å². The van der Waals surface area contributed by atoms with Crippen LogP contribution >= 0.6 is 22.9 Å². The minimum Gasteiger partial charge on any atom is -0.487 e. The molecular weight excluding hydrogens is 502 g/mol. The highest BCUT2D eigenvalue weighted by Crippen LogP contribution is 2.36. The Morgan fingerprint density at radius 1 is 1.33 bits per heavy atom. The van der Waals surface area contributed by atoms with Crippen molar-refractivity contribution in [3.63, 3.8) is 0 Å². The van der Waals surface area contributed by atoms with Crippen LogP contribution in [-0.2, 0) is 16.2 Å². The van der Waals surface area contributed by atoms with Gasteiger partial charge in [0, 0.05) is 0 Å². The Morgan fingerprint density at radius 2 is 2.17 bits per heavy atom. The number of carboxylic acid groups (broad SMARTS) is 1. The zero-order valence-corrected chi connectivity index (χ0v) is 21.7. The third kappa shape index (κ3) is 5.92. The summed E-state index contributed by atoms with van der Waals surface area (Å²) in [5.41, 5.74) is 5.46. The van der Waals surface area contributed by atoms with E-state index in [1.165, 1.54) is 30.6 Å². The van der Waals surface area contributed by atoms with Gasteiger partial charge in [-0.3, -0.25) is 4.79 Å². The van der Waals surface area contributed by atoms with Crippen LogP contribution in [0.3, 0.4) is 0 Å². The molecular formula is C25H30ClN5O4S. The number of hydroxylamine groups is 1. The van der Waals surface area contributed by atoms with Crippen LogP contribution in [0.15, 0.2) is 29.2 Å². The van der Waals surface area contributed by atoms with E-state index in [4.69, 9.17) is 21.2 Å². The van der Waals surface area contributed by atoms with Crippen LogP contribution < -0.4 is 15.5 Å². The Balaban J connectivity index is 1.26. The van der Waals surface area contributed by atoms with Crippen molar-refractivity contribution < 1.29 is 19.5 Å². The minimum atomic E-state index is -0.756. The van der Waals surface area contributed by atoms with Crippen LogP contribution in [0.5, 0.6) is 5.75 Å². The lowest BCUT2D eigenvalue weighted by Crippen LogP contribution is -2.40. The van der Waals surface area contributed by atoms with Gasteiger partial charge in [-0.1, -0.05) is 30.9 Å². The highest BCUT2D eigenvalue weighted by atomic mass is 35.5. The van der Waals surface area contributed by atoms with Gasteiger partial charge in [-0.05, 0) is 56.6 Å². The lowest BCUT2D eigenvalue weighted by molar-refractivity contribution is -0.143. The Bertz CT molecular complexity index is 1180. The van der Waals surface area contributed by atoms with E-state index in [1.807, 2.05) is 13.0 Å². The number of allylic oxidation sites excluding steroid dienone is 1. The number of halogens is 1. The monoisotopic (exact) mass is 531 g/mol. The third-order valence-electron chi connectivity index (χ3n) is 6.96. The number of carbonyl (C=O) groups is 1. The molecule has 3 N–H and O–H groups in total. The summed E-state index contributed by atoms with van der Waals surface area (Å²) in [6.07, 6.45) is 10.9. The summed E-state index contributed by atoms with van der Waals surface area (Å²) in [6.45, 7) is 2.25. The Kier molecular flexibility index (Phi) is 7.62. The minimum absolute atomic E-state index is 0.142. The van der Waals surface area contributed by atoms with Crippen molar-refractivity contribution in [3.8, 4) is 16.5 Å². The van der Waals surface area contributed by atoms with Crippen LogP contribution in [0.2, 0.25) is 4.34 Å². The van der Waals surface area contributed by atoms with E-state index in [0.717, 1.165) is 41.3 Å². The molecule has 2 aliphatic carbocycles. The molecule has 11 heteroatoms. The number of guanidine groups is 1. The van der Waals surface area contributed by atoms with Gasteiger partial charge in [-0.2, -0.15) is 5.48 Å². The van der Waals surface area contributed by atoms with E-state index < -0.39 is 5.97 Å². The van der Waals surface area contributed by atoms with Gasteiger partial charge in [0.05, 0.1) is 45.4 Å². The lowest BCUT2D eigenvalue weighted by atomic mass is 9.82. The number of carboxylic acids is 1. The molecule has 1 aliphatic heterocycles. The first-order chi connectivity index (χ1) is 17.4. The number of hydrogen-bond acceptors (Lipinski definition) is 7. The molecule has 36 heavy (non-hydrogen) atoms. The van der Waals surface area contributed by atoms with Gasteiger partial charge in [0.1, 0.15) is 6.26 Å². The fourth-order valence-corrected chi connectivity index (χ4v) is 5.95. The van der Waals surface area contributed by atoms with Crippen LogP contribution in [0.25, 0.3) is 10.7 Å². The van der Waals surface area contributed by atoms with Crippen molar-refractivity contribution in [2.24, 2.45) is 16.8 Å². The van der Waals surface area contributed by atoms with E-state index in [1.54, 1.807) is 12.5 Å². The summed E-state index contributed by atoms with van der Waals surface area (Å²) in [7, 11) is 0. The molecule has 5 rings (SSSR count). The highest BCUT2D eigenvalue weighted by molar-refractivity contribution is 7.19. The Morgan fingerprint density at radius 3 is 2.92 bits per heavy atom. The Hall–Kier alpha value is -2.85. The summed E-state index contributed by atoms with van der Waals surface area (Å²) in [4.78, 5) is 31.5. The second-order valence-electron chi connectivity index (χ2n) is 9.64. The van der Waals surface area contributed by atoms with Gasteiger partial charge in [-0.15, -0.1) is 11.3 Å². The summed E-state index contributed by atoms with van der Waals surface area (Å²) < 4.78 is 6.74. The molecule has 0 spiro atoms. The quantitative estimate of drug-likeness (QED) is 0.425. The lowest BCUT2D eigenvalue weighted by Gasteiger charge is -2.28. The summed E-state index contributed by atoms with van der Waals surface area (Å²) in [6, 6.07) is 1.89. The maximum Gasteiger partial charge on any atom is 0.306 e. The number of rotatable bonds is 8. The first kappa shape index (κ1) is 24.8. The maximum absolute atomic E-state index is 11.4. The molecule has 2 atom stereocenters. The molecule has 0 amide bonds. The molecule has 0 unspecified atom stereocenters. The molecule has 192 valence electrons. The van der Waals surface area contributed by atoms with Gasteiger partial charge in [0.2, 0.25) is 5.96 Å². The Labute approximate surface area is 219 Å². The van der Waals surface area contributed by atoms with Gasteiger partial charge in [-0.25, -0.2) is 15.0 Å². The average molecular weight is 532 g/mol. The molecule has 2 aromatic rings. The van der Waals surface area contributed by atoms with Gasteiger partial charge in [0.15, 0.2) is 11.6 Å². The number of aryl methyl sites for hydroxylation is 1. The molecule has 0 bridgehead atoms. The van der Waals surface area contributed by atoms with Crippen LogP contribution in [-0.4, -0.2) is 33.1 Å². The molecule has 2 fully saturated rings. The molecule has 9 nitrogen and oxygen atoms in total. The largest absolute Gasteiger partial charge is 0.487 e. The predicted molar refractivity (Wildman–Crippen MR) is 138 cm³/mol. The number of hydrogen-bond donors (Lipinski definition) is 3. The molecule has 2 aromatic heterocycles. The van der Waals surface area contributed by atoms with E-state index in [9.17, 15) is 9.90 Å². The molecule has 0 radical (unpaired) electrons. The van der Waals surface area contributed by atoms with Gasteiger partial charge in [0.25, 0.3) is 0 Å². The number of ether oxygens (including phenoxy) is 1. The van der Waals surface area contributed by atoms with Crippen LogP contribution in [0, 0.1) is 18.8 Å². The van der Waals surface area contributed by atoms with Crippen molar-refractivity contribution in [3.05, 3.63) is 39.8 Å². The van der Waals surface area contributed by atoms with E-state index in [2.05, 4.69) is 25.8 Å². The summed E-state index contributed by atoms with van der Waals surface area (Å²) in [5, 5.41) is 12.7. The second-order valence-corrected chi connectivity index (χ2v) is 11.3. The number of thiophene rings is 1. The second kappa shape index (κ2) is 11.0. The summed E-state index contributed by atoms with van der Waals surface area (Å²) in [5.74, 6) is 1.31. The van der Waals surface area contributed by atoms with Gasteiger partial charge >= 0.3 is 5.97 Å². The third-order valence-corrected chi connectivity index (χ3v) is 8.26. The molecule has 0 aromatic carbocycles. The first-order valence-corrected chi connectivity index (χ1v) is 13.6. The van der Waals surface area contributed by atoms with E-state index in [-0.39, 0.29) is 12.0 Å². The molecule has 3 aliphatic rings. The number of nitrogens with one attached hydrogen (secondary N) is 2. The zero-order valence-electron chi connectivity index (χ0n) is 20.1. The molecule has 3 heterocycles. The van der Waals surface area contributed by atoms with Gasteiger partial charge < -0.3 is 20.0 Å². The van der Waals surface area contributed by atoms with Crippen LogP contribution in [0.1, 0.15) is 62.6 Å². The maximum atomic E-state index is 11.4. The van der Waals surface area contributed by atoms with Crippen molar-refractivity contribution in [2.75, 3.05) is 0 Å². The van der Waals surface area contributed by atoms with Crippen molar-refractivity contribution in [2.45, 2.75) is 70.9 Å². The highest BCUT2D eigenvalue weighted by Gasteiger charge is 2.29. The SMILES string of the molecule is Cc1nc(-c2sc(Cl)cc2CN=C2NOC=C(CC3CCC3)N2)ncc1O[C@H]1CCC[C@H](C(=O)O)C1. The van der Waals surface area contributed by atoms with Crippen LogP contribution in [0.4, 0.5) is 0 Å². The van der Waals surface area contributed by atoms with Crippen molar-refractivity contribution in [1.29, 1.82) is 0 Å². The molecule has 2 saturated carbocycles. The predicted octanol–water partition coefficient (Wildman–Crippen LogP) is 5.20. The van der Waals surface area contributed by atoms with Crippen molar-refractivity contribution >= 4 is 34.9 Å². The van der Waals surface area contributed by atoms with E-state index in [0.29, 0.717) is 47.0 Å². The smallest absolute Gasteiger partial charge is 0.306 e.